The molecule has 0 bridgehead atoms. The van der Waals surface area contributed by atoms with Gasteiger partial charge in [0, 0.05) is 46.7 Å². The highest BCUT2D eigenvalue weighted by atomic mass is 15.2. The molecule has 0 aliphatic carbocycles. The summed E-state index contributed by atoms with van der Waals surface area (Å²) in [6.45, 7) is 0. The number of pyridine rings is 4. The van der Waals surface area contributed by atoms with Crippen LogP contribution in [0.5, 0.6) is 0 Å². The Morgan fingerprint density at radius 1 is 0.345 bits per heavy atom. The second kappa shape index (κ2) is 12.7. The van der Waals surface area contributed by atoms with Gasteiger partial charge in [0.25, 0.3) is 0 Å². The van der Waals surface area contributed by atoms with E-state index in [-0.39, 0.29) is 0 Å². The number of para-hydroxylation sites is 2. The Morgan fingerprint density at radius 2 is 0.810 bits per heavy atom. The lowest BCUT2D eigenvalue weighted by Gasteiger charge is -2.16. The lowest BCUT2D eigenvalue weighted by molar-refractivity contribution is 1.07. The quantitative estimate of drug-likeness (QED) is 0.163. The Bertz CT molecular complexity index is 3420. The van der Waals surface area contributed by atoms with E-state index in [1.54, 1.807) is 0 Å². The number of imidazole rings is 2. The van der Waals surface area contributed by atoms with E-state index < -0.39 is 0 Å². The fourth-order valence-corrected chi connectivity index (χ4v) is 8.54. The van der Waals surface area contributed by atoms with Crippen LogP contribution < -0.4 is 0 Å². The second-order valence-electron chi connectivity index (χ2n) is 14.4. The molecule has 6 aromatic heterocycles. The van der Waals surface area contributed by atoms with Crippen LogP contribution in [0.3, 0.4) is 0 Å². The van der Waals surface area contributed by atoms with Crippen LogP contribution in [0.2, 0.25) is 0 Å². The highest BCUT2D eigenvalue weighted by molar-refractivity contribution is 6.14. The van der Waals surface area contributed by atoms with E-state index in [9.17, 15) is 0 Å². The summed E-state index contributed by atoms with van der Waals surface area (Å²) in [5.74, 6) is 1.49. The standard InChI is InChI=1S/C50H30N8/c1-2-16-37-33(11-1)30-40(39-18-4-3-17-38(37)39)34-27-35(47-55-41-19-9-25-53-49(41)57(47)43-21-5-12-31-14-7-23-51-45(31)43)29-36(28-34)48-56-42-20-10-26-54-50(42)58(48)44-22-6-13-32-15-8-24-52-46(32)44/h1-30H. The summed E-state index contributed by atoms with van der Waals surface area (Å²) in [6.07, 6.45) is 7.31. The SMILES string of the molecule is c1cnc2c(-n3c(-c4cc(-c5cc6ccccc6c6ccccc56)cc(-c5nc6cccnc6n5-c5cccc6cccnc56)c4)nc4cccnc43)cccc2c1. The van der Waals surface area contributed by atoms with Crippen molar-refractivity contribution in [2.75, 3.05) is 0 Å². The number of nitrogens with zero attached hydrogens (tertiary/aromatic N) is 8. The molecular formula is C50H30N8. The van der Waals surface area contributed by atoms with Gasteiger partial charge in [0.1, 0.15) is 22.7 Å². The third kappa shape index (κ3) is 4.95. The van der Waals surface area contributed by atoms with Gasteiger partial charge in [0.15, 0.2) is 11.3 Å². The van der Waals surface area contributed by atoms with E-state index in [0.29, 0.717) is 0 Å². The van der Waals surface area contributed by atoms with Gasteiger partial charge in [-0.15, -0.1) is 0 Å². The molecule has 6 aromatic carbocycles. The van der Waals surface area contributed by atoms with Crippen LogP contribution in [0.25, 0.3) is 111 Å². The van der Waals surface area contributed by atoms with Gasteiger partial charge in [-0.25, -0.2) is 19.9 Å². The first kappa shape index (κ1) is 32.2. The van der Waals surface area contributed by atoms with Crippen molar-refractivity contribution in [3.05, 3.63) is 183 Å². The topological polar surface area (TPSA) is 87.2 Å². The molecule has 0 atom stereocenters. The molecule has 12 rings (SSSR count). The normalized spacial score (nSPS) is 11.8. The molecule has 0 spiro atoms. The second-order valence-corrected chi connectivity index (χ2v) is 14.4. The summed E-state index contributed by atoms with van der Waals surface area (Å²) >= 11 is 0. The minimum Gasteiger partial charge on any atom is -0.274 e. The van der Waals surface area contributed by atoms with Crippen molar-refractivity contribution in [3.63, 3.8) is 0 Å². The fourth-order valence-electron chi connectivity index (χ4n) is 8.54. The summed E-state index contributed by atoms with van der Waals surface area (Å²) in [4.78, 5) is 30.2. The van der Waals surface area contributed by atoms with Gasteiger partial charge in [-0.05, 0) is 105 Å². The van der Waals surface area contributed by atoms with E-state index in [2.05, 4.69) is 130 Å². The van der Waals surface area contributed by atoms with Crippen LogP contribution in [0.1, 0.15) is 0 Å². The molecule has 8 nitrogen and oxygen atoms in total. The number of benzene rings is 6. The van der Waals surface area contributed by atoms with Crippen LogP contribution in [-0.4, -0.2) is 39.0 Å². The molecule has 8 heteroatoms. The first-order valence-corrected chi connectivity index (χ1v) is 19.2. The van der Waals surface area contributed by atoms with Crippen LogP contribution in [0.15, 0.2) is 183 Å². The number of rotatable bonds is 5. The van der Waals surface area contributed by atoms with Gasteiger partial charge in [-0.1, -0.05) is 84.9 Å². The molecule has 0 saturated carbocycles. The van der Waals surface area contributed by atoms with E-state index in [1.807, 2.05) is 61.2 Å². The zero-order valence-corrected chi connectivity index (χ0v) is 30.9. The Labute approximate surface area is 331 Å². The van der Waals surface area contributed by atoms with Crippen LogP contribution in [0, 0.1) is 0 Å². The van der Waals surface area contributed by atoms with Crippen molar-refractivity contribution in [3.8, 4) is 45.3 Å². The van der Waals surface area contributed by atoms with Gasteiger partial charge in [-0.3, -0.25) is 19.1 Å². The van der Waals surface area contributed by atoms with Crippen molar-refractivity contribution in [2.45, 2.75) is 0 Å². The predicted octanol–water partition coefficient (Wildman–Crippen LogP) is 11.6. The molecule has 0 aliphatic heterocycles. The smallest absolute Gasteiger partial charge is 0.165 e. The molecule has 12 aromatic rings. The van der Waals surface area contributed by atoms with E-state index in [1.165, 1.54) is 16.2 Å². The molecule has 6 heterocycles. The van der Waals surface area contributed by atoms with Crippen molar-refractivity contribution in [2.24, 2.45) is 0 Å². The molecule has 0 unspecified atom stereocenters. The van der Waals surface area contributed by atoms with Crippen molar-refractivity contribution >= 4 is 65.7 Å². The summed E-state index contributed by atoms with van der Waals surface area (Å²) in [5.41, 5.74) is 10.5. The average Bonchev–Trinajstić information content (AvgIpc) is 3.88. The molecule has 270 valence electrons. The maximum atomic E-state index is 5.34. The lowest BCUT2D eigenvalue weighted by atomic mass is 9.91. The number of fused-ring (bicyclic) bond motifs is 7. The monoisotopic (exact) mass is 742 g/mol. The first-order chi connectivity index (χ1) is 28.8. The number of aromatic nitrogens is 8. The van der Waals surface area contributed by atoms with Gasteiger partial charge in [-0.2, -0.15) is 0 Å². The van der Waals surface area contributed by atoms with Crippen LogP contribution in [-0.2, 0) is 0 Å². The Balaban J connectivity index is 1.21. The highest BCUT2D eigenvalue weighted by Crippen LogP contribution is 2.41. The third-order valence-electron chi connectivity index (χ3n) is 11.1. The zero-order chi connectivity index (χ0) is 38.2. The predicted molar refractivity (Wildman–Crippen MR) is 233 cm³/mol. The zero-order valence-electron chi connectivity index (χ0n) is 30.9. The third-order valence-corrected chi connectivity index (χ3v) is 11.1. The minimum atomic E-state index is 0.743. The summed E-state index contributed by atoms with van der Waals surface area (Å²) in [5, 5.41) is 6.80. The van der Waals surface area contributed by atoms with Crippen LogP contribution >= 0.6 is 0 Å². The number of hydrogen-bond donors (Lipinski definition) is 0. The Morgan fingerprint density at radius 3 is 1.41 bits per heavy atom. The van der Waals surface area contributed by atoms with Crippen molar-refractivity contribution in [1.82, 2.24) is 39.0 Å². The largest absolute Gasteiger partial charge is 0.274 e. The summed E-state index contributed by atoms with van der Waals surface area (Å²) in [7, 11) is 0. The molecule has 0 N–H and O–H groups in total. The molecule has 0 amide bonds. The van der Waals surface area contributed by atoms with E-state index in [4.69, 9.17) is 29.9 Å². The number of hydrogen-bond acceptors (Lipinski definition) is 6. The van der Waals surface area contributed by atoms with Gasteiger partial charge in [0.2, 0.25) is 0 Å². The Hall–Kier alpha value is -8.10. The van der Waals surface area contributed by atoms with Gasteiger partial charge in [0.05, 0.1) is 22.4 Å². The van der Waals surface area contributed by atoms with Gasteiger partial charge < -0.3 is 0 Å². The lowest BCUT2D eigenvalue weighted by Crippen LogP contribution is -2.03. The molecule has 0 aliphatic rings. The highest BCUT2D eigenvalue weighted by Gasteiger charge is 2.23. The van der Waals surface area contributed by atoms with Gasteiger partial charge >= 0.3 is 0 Å². The maximum Gasteiger partial charge on any atom is 0.165 e. The minimum absolute atomic E-state index is 0.743. The van der Waals surface area contributed by atoms with Crippen LogP contribution in [0.4, 0.5) is 0 Å². The van der Waals surface area contributed by atoms with E-state index in [0.717, 1.165) is 94.8 Å². The van der Waals surface area contributed by atoms with Crippen molar-refractivity contribution in [1.29, 1.82) is 0 Å². The van der Waals surface area contributed by atoms with Crippen molar-refractivity contribution < 1.29 is 0 Å². The fraction of sp³-hybridized carbons (Fsp3) is 0. The molecule has 58 heavy (non-hydrogen) atoms. The molecule has 0 fully saturated rings. The Kier molecular flexibility index (Phi) is 7.06. The molecular weight excluding hydrogens is 713 g/mol. The molecule has 0 saturated heterocycles. The average molecular weight is 743 g/mol. The maximum absolute atomic E-state index is 5.34. The first-order valence-electron chi connectivity index (χ1n) is 19.2. The molecule has 0 radical (unpaired) electrons. The summed E-state index contributed by atoms with van der Waals surface area (Å²) < 4.78 is 4.29. The van der Waals surface area contributed by atoms with E-state index >= 15 is 0 Å². The summed E-state index contributed by atoms with van der Waals surface area (Å²) in [6, 6.07) is 54.7.